The van der Waals surface area contributed by atoms with Gasteiger partial charge in [-0.1, -0.05) is 11.6 Å². The van der Waals surface area contributed by atoms with Crippen LogP contribution in [0.1, 0.15) is 16.8 Å². The zero-order chi connectivity index (χ0) is 8.59. The first-order valence-electron chi connectivity index (χ1n) is 3.33. The van der Waals surface area contributed by atoms with Gasteiger partial charge in [0.05, 0.1) is 3.57 Å². The normalized spacial score (nSPS) is 10.3. The zero-order valence-electron chi connectivity index (χ0n) is 6.70. The third kappa shape index (κ3) is 1.67. The van der Waals surface area contributed by atoms with E-state index in [1.807, 2.05) is 6.92 Å². The van der Waals surface area contributed by atoms with E-state index in [-0.39, 0.29) is 0 Å². The predicted molar refractivity (Wildman–Crippen MR) is 56.2 cm³/mol. The highest BCUT2D eigenvalue weighted by atomic mass is 127. The van der Waals surface area contributed by atoms with E-state index in [4.69, 9.17) is 11.6 Å². The van der Waals surface area contributed by atoms with E-state index in [9.17, 15) is 0 Å². The van der Waals surface area contributed by atoms with Crippen LogP contribution in [0.3, 0.4) is 0 Å². The monoisotopic (exact) mass is 281 g/mol. The van der Waals surface area contributed by atoms with Gasteiger partial charge in [0.25, 0.3) is 0 Å². The number of pyridine rings is 1. The first kappa shape index (κ1) is 9.26. The van der Waals surface area contributed by atoms with Gasteiger partial charge in [0.1, 0.15) is 5.15 Å². The highest BCUT2D eigenvalue weighted by Crippen LogP contribution is 2.23. The predicted octanol–water partition coefficient (Wildman–Crippen LogP) is 3.26. The molecular weight excluding hydrogens is 272 g/mol. The second kappa shape index (κ2) is 3.27. The average Bonchev–Trinajstić information content (AvgIpc) is 1.97. The lowest BCUT2D eigenvalue weighted by Gasteiger charge is -2.06. The van der Waals surface area contributed by atoms with Gasteiger partial charge in [-0.25, -0.2) is 4.98 Å². The minimum Gasteiger partial charge on any atom is -0.240 e. The van der Waals surface area contributed by atoms with Crippen molar-refractivity contribution >= 4 is 34.2 Å². The summed E-state index contributed by atoms with van der Waals surface area (Å²) in [6.45, 7) is 6.11. The molecule has 0 aromatic carbocycles. The quantitative estimate of drug-likeness (QED) is 0.525. The van der Waals surface area contributed by atoms with Gasteiger partial charge in [0, 0.05) is 5.69 Å². The van der Waals surface area contributed by atoms with Gasteiger partial charge in [-0.3, -0.25) is 0 Å². The smallest absolute Gasteiger partial charge is 0.142 e. The first-order valence-corrected chi connectivity index (χ1v) is 4.78. The van der Waals surface area contributed by atoms with Gasteiger partial charge >= 0.3 is 0 Å². The maximum Gasteiger partial charge on any atom is 0.142 e. The summed E-state index contributed by atoms with van der Waals surface area (Å²) in [5.41, 5.74) is 3.50. The SMILES string of the molecule is Cc1nc(Cl)c(I)c(C)c1C. The lowest BCUT2D eigenvalue weighted by atomic mass is 10.1. The summed E-state index contributed by atoms with van der Waals surface area (Å²) in [5.74, 6) is 0. The Kier molecular flexibility index (Phi) is 2.75. The maximum atomic E-state index is 5.87. The van der Waals surface area contributed by atoms with E-state index in [2.05, 4.69) is 41.4 Å². The summed E-state index contributed by atoms with van der Waals surface area (Å²) < 4.78 is 1.06. The molecule has 0 amide bonds. The highest BCUT2D eigenvalue weighted by molar-refractivity contribution is 14.1. The van der Waals surface area contributed by atoms with Crippen molar-refractivity contribution in [1.82, 2.24) is 4.98 Å². The summed E-state index contributed by atoms with van der Waals surface area (Å²) in [7, 11) is 0. The van der Waals surface area contributed by atoms with Crippen LogP contribution in [0.5, 0.6) is 0 Å². The summed E-state index contributed by atoms with van der Waals surface area (Å²) in [5, 5.41) is 0.617. The minimum atomic E-state index is 0.617. The van der Waals surface area contributed by atoms with E-state index in [1.165, 1.54) is 11.1 Å². The van der Waals surface area contributed by atoms with Crippen molar-refractivity contribution in [3.63, 3.8) is 0 Å². The van der Waals surface area contributed by atoms with Crippen LogP contribution in [0.2, 0.25) is 5.15 Å². The number of halogens is 2. The molecule has 60 valence electrons. The molecule has 0 aliphatic rings. The second-order valence-electron chi connectivity index (χ2n) is 2.55. The van der Waals surface area contributed by atoms with Crippen molar-refractivity contribution in [1.29, 1.82) is 0 Å². The Labute approximate surface area is 85.3 Å². The van der Waals surface area contributed by atoms with Gasteiger partial charge in [-0.05, 0) is 54.5 Å². The number of hydrogen-bond acceptors (Lipinski definition) is 1. The molecule has 0 saturated heterocycles. The van der Waals surface area contributed by atoms with Crippen molar-refractivity contribution in [2.45, 2.75) is 20.8 Å². The zero-order valence-corrected chi connectivity index (χ0v) is 9.62. The van der Waals surface area contributed by atoms with Crippen molar-refractivity contribution in [2.75, 3.05) is 0 Å². The van der Waals surface area contributed by atoms with Crippen LogP contribution < -0.4 is 0 Å². The Morgan fingerprint density at radius 2 is 1.73 bits per heavy atom. The molecule has 0 N–H and O–H groups in total. The molecule has 1 nitrogen and oxygen atoms in total. The summed E-state index contributed by atoms with van der Waals surface area (Å²) >= 11 is 8.09. The lowest BCUT2D eigenvalue weighted by molar-refractivity contribution is 1.11. The molecule has 3 heteroatoms. The molecule has 1 aromatic heterocycles. The van der Waals surface area contributed by atoms with Gasteiger partial charge in [-0.2, -0.15) is 0 Å². The van der Waals surface area contributed by atoms with E-state index >= 15 is 0 Å². The fraction of sp³-hybridized carbons (Fsp3) is 0.375. The van der Waals surface area contributed by atoms with Crippen molar-refractivity contribution in [2.24, 2.45) is 0 Å². The van der Waals surface area contributed by atoms with E-state index < -0.39 is 0 Å². The molecule has 1 heterocycles. The van der Waals surface area contributed by atoms with Crippen molar-refractivity contribution < 1.29 is 0 Å². The van der Waals surface area contributed by atoms with Crippen molar-refractivity contribution in [3.8, 4) is 0 Å². The fourth-order valence-corrected chi connectivity index (χ4v) is 1.66. The average molecular weight is 282 g/mol. The number of hydrogen-bond donors (Lipinski definition) is 0. The first-order chi connectivity index (χ1) is 5.04. The fourth-order valence-electron chi connectivity index (χ4n) is 0.871. The second-order valence-corrected chi connectivity index (χ2v) is 3.99. The van der Waals surface area contributed by atoms with Gasteiger partial charge in [-0.15, -0.1) is 0 Å². The molecule has 11 heavy (non-hydrogen) atoms. The molecule has 0 spiro atoms. The third-order valence-electron chi connectivity index (χ3n) is 1.88. The number of aryl methyl sites for hydroxylation is 1. The van der Waals surface area contributed by atoms with Gasteiger partial charge in [0.2, 0.25) is 0 Å². The van der Waals surface area contributed by atoms with Crippen LogP contribution in [0, 0.1) is 24.3 Å². The Morgan fingerprint density at radius 1 is 1.18 bits per heavy atom. The van der Waals surface area contributed by atoms with Crippen LogP contribution >= 0.6 is 34.2 Å². The topological polar surface area (TPSA) is 12.9 Å². The Morgan fingerprint density at radius 3 is 2.27 bits per heavy atom. The van der Waals surface area contributed by atoms with Gasteiger partial charge in [0.15, 0.2) is 0 Å². The lowest BCUT2D eigenvalue weighted by Crippen LogP contribution is -1.95. The standard InChI is InChI=1S/C8H9ClIN/c1-4-5(2)7(10)8(9)11-6(4)3/h1-3H3. The Hall–Kier alpha value is 0.170. The molecule has 0 aliphatic heterocycles. The molecule has 0 radical (unpaired) electrons. The molecule has 0 fully saturated rings. The Balaban J connectivity index is 3.46. The highest BCUT2D eigenvalue weighted by Gasteiger charge is 2.06. The number of nitrogens with zero attached hydrogens (tertiary/aromatic N) is 1. The number of rotatable bonds is 0. The van der Waals surface area contributed by atoms with E-state index in [0.717, 1.165) is 9.26 Å². The molecule has 0 saturated carbocycles. The maximum absolute atomic E-state index is 5.87. The molecule has 0 atom stereocenters. The van der Waals surface area contributed by atoms with Crippen LogP contribution in [0.25, 0.3) is 0 Å². The molecule has 1 aromatic rings. The van der Waals surface area contributed by atoms with Crippen LogP contribution in [-0.4, -0.2) is 4.98 Å². The van der Waals surface area contributed by atoms with Crippen molar-refractivity contribution in [3.05, 3.63) is 25.5 Å². The van der Waals surface area contributed by atoms with E-state index in [0.29, 0.717) is 5.15 Å². The van der Waals surface area contributed by atoms with E-state index in [1.54, 1.807) is 0 Å². The number of aromatic nitrogens is 1. The molecule has 0 unspecified atom stereocenters. The van der Waals surface area contributed by atoms with Crippen LogP contribution in [-0.2, 0) is 0 Å². The Bertz CT molecular complexity index is 270. The molecule has 1 rings (SSSR count). The van der Waals surface area contributed by atoms with Gasteiger partial charge < -0.3 is 0 Å². The summed E-state index contributed by atoms with van der Waals surface area (Å²) in [6, 6.07) is 0. The molecule has 0 bridgehead atoms. The molecule has 0 aliphatic carbocycles. The van der Waals surface area contributed by atoms with Crippen LogP contribution in [0.4, 0.5) is 0 Å². The largest absolute Gasteiger partial charge is 0.240 e. The summed E-state index contributed by atoms with van der Waals surface area (Å²) in [6.07, 6.45) is 0. The molecular formula is C8H9ClIN. The third-order valence-corrected chi connectivity index (χ3v) is 3.79. The van der Waals surface area contributed by atoms with Crippen LogP contribution in [0.15, 0.2) is 0 Å². The summed E-state index contributed by atoms with van der Waals surface area (Å²) in [4.78, 5) is 4.19. The minimum absolute atomic E-state index is 0.617.